The summed E-state index contributed by atoms with van der Waals surface area (Å²) >= 11 is 1.66. The zero-order valence-electron chi connectivity index (χ0n) is 17.0. The average Bonchev–Trinajstić information content (AvgIpc) is 3.57. The van der Waals surface area contributed by atoms with Crippen LogP contribution in [0.4, 0.5) is 0 Å². The molecule has 0 saturated carbocycles. The lowest BCUT2D eigenvalue weighted by Crippen LogP contribution is -1.88. The van der Waals surface area contributed by atoms with Gasteiger partial charge in [0.15, 0.2) is 0 Å². The first-order chi connectivity index (χ1) is 15.8. The van der Waals surface area contributed by atoms with E-state index in [4.69, 9.17) is 9.40 Å². The molecule has 0 fully saturated rings. The topological polar surface area (TPSA) is 51.8 Å². The molecule has 3 heterocycles. The molecule has 0 aliphatic carbocycles. The Hall–Kier alpha value is -4.09. The van der Waals surface area contributed by atoms with Gasteiger partial charge in [-0.25, -0.2) is 4.98 Å². The van der Waals surface area contributed by atoms with Crippen molar-refractivity contribution >= 4 is 22.2 Å². The molecule has 0 radical (unpaired) electrons. The van der Waals surface area contributed by atoms with Gasteiger partial charge in [-0.1, -0.05) is 66.7 Å². The highest BCUT2D eigenvalue weighted by atomic mass is 32.1. The molecule has 32 heavy (non-hydrogen) atoms. The van der Waals surface area contributed by atoms with Crippen molar-refractivity contribution in [2.24, 2.45) is 0 Å². The molecule has 0 aliphatic heterocycles. The molecule has 0 saturated heterocycles. The maximum atomic E-state index is 6.14. The summed E-state index contributed by atoms with van der Waals surface area (Å²) in [6, 6.07) is 32.6. The summed E-state index contributed by atoms with van der Waals surface area (Å²) in [5, 5.41) is 11.7. The third kappa shape index (κ3) is 3.39. The first-order valence-electron chi connectivity index (χ1n) is 10.3. The average molecular weight is 432 g/mol. The maximum Gasteiger partial charge on any atom is 0.248 e. The quantitative estimate of drug-likeness (QED) is 0.293. The van der Waals surface area contributed by atoms with Crippen LogP contribution in [0.15, 0.2) is 107 Å². The number of fused-ring (bicyclic) bond motifs is 1. The Labute approximate surface area is 188 Å². The fourth-order valence-electron chi connectivity index (χ4n) is 3.79. The fourth-order valence-corrected chi connectivity index (χ4v) is 4.47. The highest BCUT2D eigenvalue weighted by molar-refractivity contribution is 7.13. The normalized spacial score (nSPS) is 11.1. The summed E-state index contributed by atoms with van der Waals surface area (Å²) in [5.41, 5.74) is 5.91. The second kappa shape index (κ2) is 7.87. The molecule has 6 rings (SSSR count). The Bertz CT molecular complexity index is 1500. The van der Waals surface area contributed by atoms with E-state index >= 15 is 0 Å². The van der Waals surface area contributed by atoms with Crippen LogP contribution in [0.5, 0.6) is 0 Å². The predicted molar refractivity (Wildman–Crippen MR) is 129 cm³/mol. The monoisotopic (exact) mass is 431 g/mol. The van der Waals surface area contributed by atoms with Crippen LogP contribution in [-0.2, 0) is 0 Å². The third-order valence-corrected chi connectivity index (χ3v) is 6.28. The SMILES string of the molecule is c1ccc(-c2ccc(-c3nnc(-c4cc(-c5cccs5)nc5ccccc45)o3)cc2)cc1. The Kier molecular flexibility index (Phi) is 4.59. The van der Waals surface area contributed by atoms with Crippen molar-refractivity contribution in [3.8, 4) is 44.6 Å². The fraction of sp³-hybridized carbons (Fsp3) is 0. The molecule has 4 nitrogen and oxygen atoms in total. The number of hydrogen-bond donors (Lipinski definition) is 0. The van der Waals surface area contributed by atoms with Gasteiger partial charge in [-0.05, 0) is 46.8 Å². The van der Waals surface area contributed by atoms with Crippen LogP contribution in [0.2, 0.25) is 0 Å². The van der Waals surface area contributed by atoms with Crippen LogP contribution in [0, 0.1) is 0 Å². The molecular weight excluding hydrogens is 414 g/mol. The van der Waals surface area contributed by atoms with Gasteiger partial charge in [-0.15, -0.1) is 21.5 Å². The van der Waals surface area contributed by atoms with Gasteiger partial charge in [-0.2, -0.15) is 0 Å². The summed E-state index contributed by atoms with van der Waals surface area (Å²) in [6.45, 7) is 0. The number of nitrogens with zero attached hydrogens (tertiary/aromatic N) is 3. The largest absolute Gasteiger partial charge is 0.416 e. The minimum Gasteiger partial charge on any atom is -0.416 e. The molecule has 0 unspecified atom stereocenters. The van der Waals surface area contributed by atoms with E-state index in [-0.39, 0.29) is 0 Å². The lowest BCUT2D eigenvalue weighted by molar-refractivity contribution is 0.585. The van der Waals surface area contributed by atoms with Crippen LogP contribution in [0.1, 0.15) is 0 Å². The van der Waals surface area contributed by atoms with Crippen molar-refractivity contribution in [3.05, 3.63) is 102 Å². The summed E-state index contributed by atoms with van der Waals surface area (Å²) in [6.07, 6.45) is 0. The number of para-hydroxylation sites is 1. The van der Waals surface area contributed by atoms with E-state index in [1.54, 1.807) is 11.3 Å². The summed E-state index contributed by atoms with van der Waals surface area (Å²) < 4.78 is 6.14. The van der Waals surface area contributed by atoms with E-state index in [2.05, 4.69) is 45.9 Å². The van der Waals surface area contributed by atoms with E-state index in [9.17, 15) is 0 Å². The molecule has 0 atom stereocenters. The first kappa shape index (κ1) is 18.7. The smallest absolute Gasteiger partial charge is 0.248 e. The highest BCUT2D eigenvalue weighted by Gasteiger charge is 2.16. The van der Waals surface area contributed by atoms with Crippen LogP contribution in [0.3, 0.4) is 0 Å². The van der Waals surface area contributed by atoms with E-state index < -0.39 is 0 Å². The molecule has 0 bridgehead atoms. The van der Waals surface area contributed by atoms with Gasteiger partial charge >= 0.3 is 0 Å². The standard InChI is InChI=1S/C27H17N3OS/c1-2-7-18(8-3-1)19-12-14-20(15-13-19)26-29-30-27(31-26)22-17-24(25-11-6-16-32-25)28-23-10-5-4-9-21(22)23/h1-17H. The van der Waals surface area contributed by atoms with Gasteiger partial charge in [0.05, 0.1) is 21.7 Å². The third-order valence-electron chi connectivity index (χ3n) is 5.38. The maximum absolute atomic E-state index is 6.14. The van der Waals surface area contributed by atoms with Crippen LogP contribution >= 0.6 is 11.3 Å². The van der Waals surface area contributed by atoms with Crippen molar-refractivity contribution in [1.82, 2.24) is 15.2 Å². The van der Waals surface area contributed by atoms with Gasteiger partial charge in [0.2, 0.25) is 11.8 Å². The van der Waals surface area contributed by atoms with Gasteiger partial charge in [0.1, 0.15) is 0 Å². The number of benzene rings is 3. The number of thiophene rings is 1. The summed E-state index contributed by atoms with van der Waals surface area (Å²) in [4.78, 5) is 5.93. The van der Waals surface area contributed by atoms with Crippen molar-refractivity contribution in [1.29, 1.82) is 0 Å². The van der Waals surface area contributed by atoms with Gasteiger partial charge < -0.3 is 4.42 Å². The number of pyridine rings is 1. The first-order valence-corrected chi connectivity index (χ1v) is 11.2. The molecule has 3 aromatic heterocycles. The van der Waals surface area contributed by atoms with Crippen LogP contribution in [0.25, 0.3) is 55.5 Å². The molecule has 152 valence electrons. The van der Waals surface area contributed by atoms with E-state index in [1.807, 2.05) is 66.7 Å². The zero-order valence-corrected chi connectivity index (χ0v) is 17.8. The Morgan fingerprint density at radius 1 is 0.625 bits per heavy atom. The van der Waals surface area contributed by atoms with Gasteiger partial charge in [0.25, 0.3) is 0 Å². The predicted octanol–water partition coefficient (Wildman–Crippen LogP) is 7.35. The second-order valence-electron chi connectivity index (χ2n) is 7.41. The molecule has 3 aromatic carbocycles. The van der Waals surface area contributed by atoms with Crippen molar-refractivity contribution in [2.45, 2.75) is 0 Å². The lowest BCUT2D eigenvalue weighted by Gasteiger charge is -2.06. The molecule has 0 N–H and O–H groups in total. The Morgan fingerprint density at radius 3 is 2.16 bits per heavy atom. The van der Waals surface area contributed by atoms with E-state index in [1.165, 1.54) is 5.56 Å². The minimum atomic E-state index is 0.489. The van der Waals surface area contributed by atoms with E-state index in [0.717, 1.165) is 38.2 Å². The number of rotatable bonds is 4. The molecule has 0 aliphatic rings. The Morgan fingerprint density at radius 2 is 1.34 bits per heavy atom. The van der Waals surface area contributed by atoms with Crippen molar-refractivity contribution in [3.63, 3.8) is 0 Å². The molecule has 5 heteroatoms. The molecule has 0 spiro atoms. The summed E-state index contributed by atoms with van der Waals surface area (Å²) in [5.74, 6) is 0.988. The second-order valence-corrected chi connectivity index (χ2v) is 8.35. The van der Waals surface area contributed by atoms with Gasteiger partial charge in [-0.3, -0.25) is 0 Å². The minimum absolute atomic E-state index is 0.489. The summed E-state index contributed by atoms with van der Waals surface area (Å²) in [7, 11) is 0. The number of hydrogen-bond acceptors (Lipinski definition) is 5. The highest BCUT2D eigenvalue weighted by Crippen LogP contribution is 2.34. The van der Waals surface area contributed by atoms with Crippen molar-refractivity contribution in [2.75, 3.05) is 0 Å². The molecular formula is C27H17N3OS. The van der Waals surface area contributed by atoms with Gasteiger partial charge in [0, 0.05) is 10.9 Å². The molecule has 0 amide bonds. The molecule has 6 aromatic rings. The lowest BCUT2D eigenvalue weighted by atomic mass is 10.0. The van der Waals surface area contributed by atoms with Crippen molar-refractivity contribution < 1.29 is 4.42 Å². The van der Waals surface area contributed by atoms with E-state index in [0.29, 0.717) is 11.8 Å². The number of aromatic nitrogens is 3. The van der Waals surface area contributed by atoms with Crippen LogP contribution in [-0.4, -0.2) is 15.2 Å². The van der Waals surface area contributed by atoms with Crippen LogP contribution < -0.4 is 0 Å². The zero-order chi connectivity index (χ0) is 21.3. The Balaban J connectivity index is 1.40.